The number of aryl methyl sites for hydroxylation is 1. The molecule has 2 aromatic carbocycles. The molecular weight excluding hydrogens is 570 g/mol. The third-order valence-corrected chi connectivity index (χ3v) is 9.84. The highest BCUT2D eigenvalue weighted by atomic mass is 32.1. The number of thiophene rings is 1. The summed E-state index contributed by atoms with van der Waals surface area (Å²) in [7, 11) is 3.37. The lowest BCUT2D eigenvalue weighted by Gasteiger charge is -2.21. The standard InChI is InChI=1S/C35H41N5O3S/c1-8-9-11-26(32(41)36-6)22-14-16-24(17-15-22)37-31-34(43)39(7)20-27(38-31)25-12-10-13-28(21(25)2)40-19-23-18-29(35(3,4)5)44-30(23)33(40)42/h10,12-18,20,26H,8-9,11,19H2,1-7H3,(H,36,41)(H,37,38). The predicted molar refractivity (Wildman–Crippen MR) is 179 cm³/mol. The van der Waals surface area contributed by atoms with Crippen molar-refractivity contribution in [2.75, 3.05) is 17.3 Å². The Morgan fingerprint density at radius 3 is 2.48 bits per heavy atom. The Balaban J connectivity index is 1.42. The molecule has 0 spiro atoms. The molecular formula is C35H41N5O3S. The van der Waals surface area contributed by atoms with Crippen molar-refractivity contribution in [2.24, 2.45) is 7.05 Å². The molecule has 0 aliphatic carbocycles. The maximum absolute atomic E-state index is 13.5. The quantitative estimate of drug-likeness (QED) is 0.212. The number of unbranched alkanes of at least 4 members (excludes halogenated alkanes) is 1. The lowest BCUT2D eigenvalue weighted by Crippen LogP contribution is -2.25. The highest BCUT2D eigenvalue weighted by Crippen LogP contribution is 2.40. The van der Waals surface area contributed by atoms with E-state index in [2.05, 4.69) is 44.4 Å². The van der Waals surface area contributed by atoms with Gasteiger partial charge in [-0.05, 0) is 59.7 Å². The molecule has 1 aliphatic heterocycles. The fraction of sp³-hybridized carbons (Fsp3) is 0.371. The monoisotopic (exact) mass is 611 g/mol. The van der Waals surface area contributed by atoms with Crippen LogP contribution >= 0.6 is 11.3 Å². The maximum atomic E-state index is 13.5. The van der Waals surface area contributed by atoms with Crippen molar-refractivity contribution in [2.45, 2.75) is 71.8 Å². The zero-order chi connectivity index (χ0) is 31.8. The number of rotatable bonds is 9. The first-order valence-electron chi connectivity index (χ1n) is 15.1. The predicted octanol–water partition coefficient (Wildman–Crippen LogP) is 7.04. The van der Waals surface area contributed by atoms with E-state index in [1.807, 2.05) is 54.3 Å². The molecule has 2 N–H and O–H groups in total. The van der Waals surface area contributed by atoms with Crippen LogP contribution in [0.5, 0.6) is 0 Å². The summed E-state index contributed by atoms with van der Waals surface area (Å²) in [5, 5.41) is 5.96. The first-order valence-corrected chi connectivity index (χ1v) is 16.0. The highest BCUT2D eigenvalue weighted by Gasteiger charge is 2.34. The Bertz CT molecular complexity index is 1760. The van der Waals surface area contributed by atoms with Gasteiger partial charge in [-0.25, -0.2) is 4.98 Å². The molecule has 4 aromatic rings. The van der Waals surface area contributed by atoms with Gasteiger partial charge >= 0.3 is 0 Å². The van der Waals surface area contributed by atoms with Crippen LogP contribution in [0.1, 0.15) is 84.1 Å². The topological polar surface area (TPSA) is 96.3 Å². The third-order valence-electron chi connectivity index (χ3n) is 8.24. The van der Waals surface area contributed by atoms with E-state index in [0.717, 1.165) is 52.1 Å². The summed E-state index contributed by atoms with van der Waals surface area (Å²) in [5.41, 5.74) is 5.68. The lowest BCUT2D eigenvalue weighted by molar-refractivity contribution is -0.122. The molecule has 44 heavy (non-hydrogen) atoms. The van der Waals surface area contributed by atoms with E-state index >= 15 is 0 Å². The van der Waals surface area contributed by atoms with Gasteiger partial charge in [0.05, 0.1) is 23.0 Å². The van der Waals surface area contributed by atoms with Gasteiger partial charge in [0.2, 0.25) is 5.91 Å². The molecule has 1 atom stereocenters. The van der Waals surface area contributed by atoms with E-state index in [0.29, 0.717) is 17.9 Å². The second-order valence-corrected chi connectivity index (χ2v) is 13.6. The summed E-state index contributed by atoms with van der Waals surface area (Å²) in [4.78, 5) is 47.7. The molecule has 3 heterocycles. The van der Waals surface area contributed by atoms with Crippen molar-refractivity contribution in [3.8, 4) is 11.3 Å². The molecule has 8 nitrogen and oxygen atoms in total. The SMILES string of the molecule is CCCCC(C(=O)NC)c1ccc(Nc2nc(-c3cccc(N4Cc5cc(C(C)(C)C)sc5C4=O)c3C)cn(C)c2=O)cc1. The zero-order valence-electron chi connectivity index (χ0n) is 26.6. The summed E-state index contributed by atoms with van der Waals surface area (Å²) in [6.07, 6.45) is 4.48. The summed E-state index contributed by atoms with van der Waals surface area (Å²) >= 11 is 1.59. The Hall–Kier alpha value is -4.24. The molecule has 0 radical (unpaired) electrons. The normalized spacial score (nSPS) is 13.6. The number of carbonyl (C=O) groups excluding carboxylic acids is 2. The number of hydrogen-bond acceptors (Lipinski definition) is 6. The van der Waals surface area contributed by atoms with E-state index in [1.54, 1.807) is 31.6 Å². The van der Waals surface area contributed by atoms with Gasteiger partial charge in [-0.3, -0.25) is 14.4 Å². The lowest BCUT2D eigenvalue weighted by atomic mass is 9.92. The zero-order valence-corrected chi connectivity index (χ0v) is 27.4. The Kier molecular flexibility index (Phi) is 8.79. The second-order valence-electron chi connectivity index (χ2n) is 12.5. The van der Waals surface area contributed by atoms with Crippen molar-refractivity contribution in [3.63, 3.8) is 0 Å². The van der Waals surface area contributed by atoms with E-state index < -0.39 is 0 Å². The van der Waals surface area contributed by atoms with Crippen molar-refractivity contribution < 1.29 is 9.59 Å². The molecule has 0 fully saturated rings. The van der Waals surface area contributed by atoms with Gasteiger partial charge in [0, 0.05) is 42.1 Å². The average Bonchev–Trinajstić information content (AvgIpc) is 3.56. The number of carbonyl (C=O) groups is 2. The molecule has 230 valence electrons. The largest absolute Gasteiger partial charge is 0.359 e. The highest BCUT2D eigenvalue weighted by molar-refractivity contribution is 7.14. The van der Waals surface area contributed by atoms with E-state index in [1.165, 1.54) is 9.44 Å². The molecule has 1 aliphatic rings. The Labute approximate surface area is 263 Å². The summed E-state index contributed by atoms with van der Waals surface area (Å²) in [6.45, 7) is 11.1. The van der Waals surface area contributed by atoms with Gasteiger partial charge in [0.15, 0.2) is 5.82 Å². The van der Waals surface area contributed by atoms with Gasteiger partial charge < -0.3 is 20.1 Å². The number of nitrogens with one attached hydrogen (secondary N) is 2. The molecule has 1 unspecified atom stereocenters. The number of fused-ring (bicyclic) bond motifs is 1. The fourth-order valence-corrected chi connectivity index (χ4v) is 6.81. The van der Waals surface area contributed by atoms with Crippen LogP contribution in [0.15, 0.2) is 59.5 Å². The van der Waals surface area contributed by atoms with E-state index in [4.69, 9.17) is 4.98 Å². The van der Waals surface area contributed by atoms with Crippen LogP contribution < -0.4 is 21.1 Å². The van der Waals surface area contributed by atoms with Crippen LogP contribution in [0, 0.1) is 6.92 Å². The number of nitrogens with zero attached hydrogens (tertiary/aromatic N) is 3. The number of anilines is 3. The summed E-state index contributed by atoms with van der Waals surface area (Å²) in [5.74, 6) is 0.00680. The number of amides is 2. The first kappa shape index (κ1) is 31.2. The van der Waals surface area contributed by atoms with Crippen molar-refractivity contribution in [3.05, 3.63) is 91.5 Å². The molecule has 2 aromatic heterocycles. The molecule has 9 heteroatoms. The Morgan fingerprint density at radius 2 is 1.84 bits per heavy atom. The molecule has 0 saturated carbocycles. The van der Waals surface area contributed by atoms with Crippen LogP contribution in [0.2, 0.25) is 0 Å². The van der Waals surface area contributed by atoms with Crippen LogP contribution in [0.25, 0.3) is 11.3 Å². The van der Waals surface area contributed by atoms with Gasteiger partial charge in [0.1, 0.15) is 0 Å². The number of likely N-dealkylation sites (N-methyl/N-ethyl adjacent to an activating group) is 1. The van der Waals surface area contributed by atoms with E-state index in [-0.39, 0.29) is 34.5 Å². The molecule has 0 bridgehead atoms. The summed E-state index contributed by atoms with van der Waals surface area (Å²) < 4.78 is 1.52. The van der Waals surface area contributed by atoms with Crippen LogP contribution in [-0.2, 0) is 23.8 Å². The van der Waals surface area contributed by atoms with E-state index in [9.17, 15) is 14.4 Å². The fourth-order valence-electron chi connectivity index (χ4n) is 5.63. The second kappa shape index (κ2) is 12.4. The maximum Gasteiger partial charge on any atom is 0.293 e. The van der Waals surface area contributed by atoms with Gasteiger partial charge in [-0.15, -0.1) is 11.3 Å². The van der Waals surface area contributed by atoms with Crippen LogP contribution in [-0.4, -0.2) is 28.4 Å². The number of benzene rings is 2. The molecule has 2 amide bonds. The van der Waals surface area contributed by atoms with Gasteiger partial charge in [-0.1, -0.05) is 64.8 Å². The molecule has 0 saturated heterocycles. The minimum atomic E-state index is -0.258. The van der Waals surface area contributed by atoms with Gasteiger partial charge in [0.25, 0.3) is 11.5 Å². The third kappa shape index (κ3) is 6.06. The van der Waals surface area contributed by atoms with Crippen molar-refractivity contribution in [1.82, 2.24) is 14.9 Å². The van der Waals surface area contributed by atoms with Crippen LogP contribution in [0.4, 0.5) is 17.2 Å². The Morgan fingerprint density at radius 1 is 1.11 bits per heavy atom. The minimum Gasteiger partial charge on any atom is -0.359 e. The number of aromatic nitrogens is 2. The van der Waals surface area contributed by atoms with Crippen molar-refractivity contribution in [1.29, 1.82) is 0 Å². The molecule has 5 rings (SSSR count). The first-order chi connectivity index (χ1) is 20.9. The van der Waals surface area contributed by atoms with Crippen molar-refractivity contribution >= 4 is 40.3 Å². The summed E-state index contributed by atoms with van der Waals surface area (Å²) in [6, 6.07) is 15.6. The van der Waals surface area contributed by atoms with Gasteiger partial charge in [-0.2, -0.15) is 0 Å². The minimum absolute atomic E-state index is 0.000832. The smallest absolute Gasteiger partial charge is 0.293 e. The van der Waals surface area contributed by atoms with Crippen LogP contribution in [0.3, 0.4) is 0 Å². The number of hydrogen-bond donors (Lipinski definition) is 2. The average molecular weight is 612 g/mol.